The lowest BCUT2D eigenvalue weighted by Crippen LogP contribution is -2.24. The van der Waals surface area contributed by atoms with Crippen molar-refractivity contribution in [1.82, 2.24) is 0 Å². The van der Waals surface area contributed by atoms with Gasteiger partial charge in [0.1, 0.15) is 0 Å². The summed E-state index contributed by atoms with van der Waals surface area (Å²) in [5.74, 6) is 2.88. The van der Waals surface area contributed by atoms with E-state index in [0.717, 1.165) is 29.7 Å². The molecule has 22 heavy (non-hydrogen) atoms. The maximum Gasteiger partial charge on any atom is 0.225 e. The molecule has 0 radical (unpaired) electrons. The first-order valence-corrected chi connectivity index (χ1v) is 7.77. The highest BCUT2D eigenvalue weighted by Gasteiger charge is 2.30. The van der Waals surface area contributed by atoms with Crippen LogP contribution in [0.4, 0.5) is 5.69 Å². The van der Waals surface area contributed by atoms with Gasteiger partial charge in [-0.05, 0) is 53.6 Å². The van der Waals surface area contributed by atoms with E-state index in [2.05, 4.69) is 29.4 Å². The quantitative estimate of drug-likeness (QED) is 0.797. The topological polar surface area (TPSA) is 29.1 Å². The van der Waals surface area contributed by atoms with Crippen molar-refractivity contribution in [2.45, 2.75) is 31.6 Å². The minimum Gasteiger partial charge on any atom is -0.326 e. The second kappa shape index (κ2) is 5.03. The van der Waals surface area contributed by atoms with Crippen LogP contribution in [-0.2, 0) is 17.6 Å². The first-order valence-electron chi connectivity index (χ1n) is 7.77. The Morgan fingerprint density at radius 3 is 2.95 bits per heavy atom. The van der Waals surface area contributed by atoms with E-state index in [1.54, 1.807) is 0 Å². The zero-order chi connectivity index (χ0) is 15.1. The molecule has 2 aromatic carbocycles. The van der Waals surface area contributed by atoms with Crippen LogP contribution in [0.3, 0.4) is 0 Å². The third-order valence-corrected chi connectivity index (χ3v) is 4.80. The molecular weight excluding hydrogens is 270 g/mol. The number of fused-ring (bicyclic) bond motifs is 3. The summed E-state index contributed by atoms with van der Waals surface area (Å²) in [6.07, 6.45) is 9.37. The van der Waals surface area contributed by atoms with E-state index < -0.39 is 0 Å². The highest BCUT2D eigenvalue weighted by atomic mass is 16.1. The summed E-state index contributed by atoms with van der Waals surface area (Å²) in [7, 11) is 0. The Kier molecular flexibility index (Phi) is 3.01. The van der Waals surface area contributed by atoms with Crippen LogP contribution in [-0.4, -0.2) is 5.91 Å². The number of hydrogen-bond donors (Lipinski definition) is 1. The van der Waals surface area contributed by atoms with Gasteiger partial charge >= 0.3 is 0 Å². The molecular formula is C20H17NO. The molecule has 0 bridgehead atoms. The summed E-state index contributed by atoms with van der Waals surface area (Å²) < 4.78 is 0. The van der Waals surface area contributed by atoms with Crippen LogP contribution in [0, 0.1) is 12.3 Å². The Balaban J connectivity index is 1.86. The van der Waals surface area contributed by atoms with E-state index in [9.17, 15) is 4.79 Å². The molecule has 1 amide bonds. The number of aryl methyl sites for hydroxylation is 1. The highest BCUT2D eigenvalue weighted by molar-refractivity contribution is 5.96. The molecule has 1 heterocycles. The van der Waals surface area contributed by atoms with Crippen LogP contribution < -0.4 is 5.32 Å². The normalized spacial score (nSPS) is 19.0. The molecule has 0 saturated heterocycles. The fraction of sp³-hybridized carbons (Fsp3) is 0.250. The SMILES string of the molecule is C#Cc1cccc(C2CC(=O)Nc3c2ccc2c3CCC2)c1. The summed E-state index contributed by atoms with van der Waals surface area (Å²) >= 11 is 0. The third kappa shape index (κ3) is 2.02. The van der Waals surface area contributed by atoms with Gasteiger partial charge in [0.2, 0.25) is 5.91 Å². The van der Waals surface area contributed by atoms with E-state index in [1.807, 2.05) is 18.2 Å². The van der Waals surface area contributed by atoms with Gasteiger partial charge in [0.25, 0.3) is 0 Å². The second-order valence-electron chi connectivity index (χ2n) is 6.10. The molecule has 1 N–H and O–H groups in total. The van der Waals surface area contributed by atoms with Gasteiger partial charge < -0.3 is 5.32 Å². The molecule has 0 spiro atoms. The lowest BCUT2D eigenvalue weighted by molar-refractivity contribution is -0.116. The lowest BCUT2D eigenvalue weighted by Gasteiger charge is -2.28. The summed E-state index contributed by atoms with van der Waals surface area (Å²) in [6, 6.07) is 12.4. The fourth-order valence-electron chi connectivity index (χ4n) is 3.75. The van der Waals surface area contributed by atoms with E-state index in [4.69, 9.17) is 6.42 Å². The Morgan fingerprint density at radius 2 is 2.09 bits per heavy atom. The number of rotatable bonds is 1. The number of hydrogen-bond acceptors (Lipinski definition) is 1. The third-order valence-electron chi connectivity index (χ3n) is 4.80. The predicted molar refractivity (Wildman–Crippen MR) is 87.9 cm³/mol. The van der Waals surface area contributed by atoms with E-state index in [1.165, 1.54) is 23.1 Å². The first kappa shape index (κ1) is 13.2. The van der Waals surface area contributed by atoms with Gasteiger partial charge in [-0.25, -0.2) is 0 Å². The monoisotopic (exact) mass is 287 g/mol. The van der Waals surface area contributed by atoms with Crippen molar-refractivity contribution in [3.05, 3.63) is 64.2 Å². The zero-order valence-corrected chi connectivity index (χ0v) is 12.4. The molecule has 1 unspecified atom stereocenters. The molecule has 2 nitrogen and oxygen atoms in total. The molecule has 1 aliphatic heterocycles. The largest absolute Gasteiger partial charge is 0.326 e. The second-order valence-corrected chi connectivity index (χ2v) is 6.10. The number of terminal acetylenes is 1. The number of anilines is 1. The molecule has 1 atom stereocenters. The fourth-order valence-corrected chi connectivity index (χ4v) is 3.75. The Labute approximate surface area is 130 Å². The Morgan fingerprint density at radius 1 is 1.18 bits per heavy atom. The molecule has 108 valence electrons. The van der Waals surface area contributed by atoms with Gasteiger partial charge in [-0.1, -0.05) is 30.2 Å². The van der Waals surface area contributed by atoms with E-state index >= 15 is 0 Å². The average molecular weight is 287 g/mol. The number of amides is 1. The van der Waals surface area contributed by atoms with Gasteiger partial charge in [0.15, 0.2) is 0 Å². The predicted octanol–water partition coefficient (Wildman–Crippen LogP) is 3.63. The van der Waals surface area contributed by atoms with Crippen molar-refractivity contribution in [1.29, 1.82) is 0 Å². The van der Waals surface area contributed by atoms with Crippen molar-refractivity contribution in [2.24, 2.45) is 0 Å². The summed E-state index contributed by atoms with van der Waals surface area (Å²) in [4.78, 5) is 12.2. The van der Waals surface area contributed by atoms with Crippen molar-refractivity contribution in [3.63, 3.8) is 0 Å². The molecule has 2 heteroatoms. The average Bonchev–Trinajstić information content (AvgIpc) is 3.03. The Bertz CT molecular complexity index is 813. The van der Waals surface area contributed by atoms with Crippen molar-refractivity contribution < 1.29 is 4.79 Å². The van der Waals surface area contributed by atoms with Crippen LogP contribution in [0.1, 0.15) is 46.6 Å². The van der Waals surface area contributed by atoms with Crippen molar-refractivity contribution in [3.8, 4) is 12.3 Å². The molecule has 0 aromatic heterocycles. The minimum absolute atomic E-state index is 0.1000. The van der Waals surface area contributed by atoms with Gasteiger partial charge in [-0.2, -0.15) is 0 Å². The summed E-state index contributed by atoms with van der Waals surface area (Å²) in [6.45, 7) is 0. The molecule has 2 aromatic rings. The maximum absolute atomic E-state index is 12.2. The van der Waals surface area contributed by atoms with Crippen molar-refractivity contribution in [2.75, 3.05) is 5.32 Å². The highest BCUT2D eigenvalue weighted by Crippen LogP contribution is 2.42. The van der Waals surface area contributed by atoms with Gasteiger partial charge in [-0.15, -0.1) is 6.42 Å². The molecule has 1 aliphatic carbocycles. The van der Waals surface area contributed by atoms with E-state index in [0.29, 0.717) is 6.42 Å². The van der Waals surface area contributed by atoms with Crippen LogP contribution in [0.25, 0.3) is 0 Å². The van der Waals surface area contributed by atoms with Crippen LogP contribution in [0.5, 0.6) is 0 Å². The summed E-state index contributed by atoms with van der Waals surface area (Å²) in [5.41, 5.74) is 7.01. The van der Waals surface area contributed by atoms with E-state index in [-0.39, 0.29) is 11.8 Å². The smallest absolute Gasteiger partial charge is 0.225 e. The molecule has 0 saturated carbocycles. The number of nitrogens with one attached hydrogen (secondary N) is 1. The summed E-state index contributed by atoms with van der Waals surface area (Å²) in [5, 5.41) is 3.11. The molecule has 2 aliphatic rings. The van der Waals surface area contributed by atoms with Crippen LogP contribution in [0.15, 0.2) is 36.4 Å². The molecule has 0 fully saturated rings. The first-order chi connectivity index (χ1) is 10.8. The number of benzene rings is 2. The standard InChI is InChI=1S/C20H17NO/c1-2-13-5-3-7-15(11-13)18-12-19(22)21-20-16-8-4-6-14(16)9-10-17(18)20/h1,3,5,7,9-11,18H,4,6,8,12H2,(H,21,22). The molecule has 4 rings (SSSR count). The zero-order valence-electron chi connectivity index (χ0n) is 12.4. The van der Waals surface area contributed by atoms with Crippen LogP contribution >= 0.6 is 0 Å². The van der Waals surface area contributed by atoms with Crippen LogP contribution in [0.2, 0.25) is 0 Å². The van der Waals surface area contributed by atoms with Gasteiger partial charge in [-0.3, -0.25) is 4.79 Å². The maximum atomic E-state index is 12.2. The lowest BCUT2D eigenvalue weighted by atomic mass is 9.82. The van der Waals surface area contributed by atoms with Crippen molar-refractivity contribution >= 4 is 11.6 Å². The number of carbonyl (C=O) groups excluding carboxylic acids is 1. The van der Waals surface area contributed by atoms with Gasteiger partial charge in [0.05, 0.1) is 0 Å². The number of carbonyl (C=O) groups is 1. The van der Waals surface area contributed by atoms with Gasteiger partial charge in [0, 0.05) is 23.6 Å². The Hall–Kier alpha value is -2.53. The minimum atomic E-state index is 0.1000.